The van der Waals surface area contributed by atoms with Crippen LogP contribution < -0.4 is 10.0 Å². The number of carbonyl (C=O) groups excluding carboxylic acids is 1. The van der Waals surface area contributed by atoms with E-state index >= 15 is 0 Å². The van der Waals surface area contributed by atoms with E-state index in [-0.39, 0.29) is 22.0 Å². The third-order valence-corrected chi connectivity index (χ3v) is 7.92. The van der Waals surface area contributed by atoms with Crippen LogP contribution in [-0.4, -0.2) is 46.5 Å². The summed E-state index contributed by atoms with van der Waals surface area (Å²) in [7, 11) is -3.52. The molecule has 2 aromatic carbocycles. The smallest absolute Gasteiger partial charge is 0.263 e. The molecule has 0 aliphatic carbocycles. The number of aliphatic imine (C=N–C) groups is 1. The molecular formula is C25H30FN3O4S. The van der Waals surface area contributed by atoms with Crippen LogP contribution in [0.15, 0.2) is 58.4 Å². The van der Waals surface area contributed by atoms with Crippen molar-refractivity contribution in [1.82, 2.24) is 10.0 Å². The van der Waals surface area contributed by atoms with Crippen molar-refractivity contribution < 1.29 is 22.3 Å². The Balaban J connectivity index is 1.21. The molecule has 34 heavy (non-hydrogen) atoms. The van der Waals surface area contributed by atoms with Crippen LogP contribution in [0.4, 0.5) is 4.39 Å². The average molecular weight is 488 g/mol. The standard InChI is InChI=1S/C25H30FN3O4S/c26-20-11-9-19(10-12-20)25(13-16-33-17-14-25)18-28-23(30)8-2-1-5-15-27-24-21-6-3-4-7-22(21)34(31,32)29-24/h3-4,6-7,9-12H,1-2,5,8,13-18H2,(H,27,29)(H,28,30). The van der Waals surface area contributed by atoms with Crippen LogP contribution >= 0.6 is 0 Å². The number of benzene rings is 2. The van der Waals surface area contributed by atoms with Gasteiger partial charge in [-0.1, -0.05) is 30.7 Å². The van der Waals surface area contributed by atoms with E-state index < -0.39 is 10.0 Å². The highest BCUT2D eigenvalue weighted by Crippen LogP contribution is 2.34. The summed E-state index contributed by atoms with van der Waals surface area (Å²) in [5.41, 5.74) is 1.40. The van der Waals surface area contributed by atoms with Gasteiger partial charge in [-0.3, -0.25) is 14.5 Å². The first kappa shape index (κ1) is 24.3. The monoisotopic (exact) mass is 487 g/mol. The maximum Gasteiger partial charge on any atom is 0.263 e. The molecule has 9 heteroatoms. The zero-order valence-corrected chi connectivity index (χ0v) is 19.9. The molecule has 1 saturated heterocycles. The maximum atomic E-state index is 13.4. The molecule has 2 N–H and O–H groups in total. The topological polar surface area (TPSA) is 96.9 Å². The molecule has 0 unspecified atom stereocenters. The number of sulfonamides is 1. The van der Waals surface area contributed by atoms with Crippen LogP contribution in [-0.2, 0) is 25.0 Å². The first-order valence-electron chi connectivity index (χ1n) is 11.7. The number of nitrogens with zero attached hydrogens (tertiary/aromatic N) is 1. The van der Waals surface area contributed by atoms with Gasteiger partial charge >= 0.3 is 0 Å². The lowest BCUT2D eigenvalue weighted by Gasteiger charge is -2.38. The molecule has 0 spiro atoms. The number of halogens is 1. The van der Waals surface area contributed by atoms with Crippen LogP contribution in [0.1, 0.15) is 49.7 Å². The lowest BCUT2D eigenvalue weighted by molar-refractivity contribution is -0.121. The molecule has 182 valence electrons. The zero-order chi connectivity index (χ0) is 24.0. The number of carbonyl (C=O) groups is 1. The van der Waals surface area contributed by atoms with Gasteiger partial charge in [-0.2, -0.15) is 0 Å². The quantitative estimate of drug-likeness (QED) is 0.531. The van der Waals surface area contributed by atoms with Gasteiger partial charge in [-0.05, 0) is 55.5 Å². The van der Waals surface area contributed by atoms with Crippen LogP contribution in [0.25, 0.3) is 0 Å². The predicted octanol–water partition coefficient (Wildman–Crippen LogP) is 3.29. The van der Waals surface area contributed by atoms with E-state index in [9.17, 15) is 17.6 Å². The van der Waals surface area contributed by atoms with Gasteiger partial charge in [0.2, 0.25) is 5.91 Å². The van der Waals surface area contributed by atoms with E-state index in [1.165, 1.54) is 12.1 Å². The molecule has 0 aromatic heterocycles. The Bertz CT molecular complexity index is 1140. The van der Waals surface area contributed by atoms with Crippen LogP contribution in [0, 0.1) is 5.82 Å². The number of rotatable bonds is 9. The molecule has 2 heterocycles. The molecular weight excluding hydrogens is 457 g/mol. The molecule has 4 rings (SSSR count). The van der Waals surface area contributed by atoms with Crippen LogP contribution in [0.3, 0.4) is 0 Å². The molecule has 1 fully saturated rings. The second kappa shape index (κ2) is 10.7. The van der Waals surface area contributed by atoms with Gasteiger partial charge in [0, 0.05) is 43.7 Å². The Morgan fingerprint density at radius 2 is 1.79 bits per heavy atom. The van der Waals surface area contributed by atoms with E-state index in [4.69, 9.17) is 4.74 Å². The third-order valence-electron chi connectivity index (χ3n) is 6.53. The molecule has 0 radical (unpaired) electrons. The van der Waals surface area contributed by atoms with Crippen molar-refractivity contribution in [2.45, 2.75) is 48.8 Å². The highest BCUT2D eigenvalue weighted by molar-refractivity contribution is 7.90. The van der Waals surface area contributed by atoms with Crippen molar-refractivity contribution in [2.75, 3.05) is 26.3 Å². The van der Waals surface area contributed by atoms with Gasteiger partial charge in [0.05, 0.1) is 4.90 Å². The fourth-order valence-corrected chi connectivity index (χ4v) is 5.76. The number of unbranched alkanes of at least 4 members (excludes halogenated alkanes) is 2. The highest BCUT2D eigenvalue weighted by atomic mass is 32.2. The molecule has 0 atom stereocenters. The molecule has 2 aromatic rings. The number of amides is 1. The Morgan fingerprint density at radius 3 is 2.56 bits per heavy atom. The van der Waals surface area contributed by atoms with Gasteiger partial charge in [0.25, 0.3) is 10.0 Å². The molecule has 1 amide bonds. The van der Waals surface area contributed by atoms with Crippen molar-refractivity contribution in [2.24, 2.45) is 4.99 Å². The third kappa shape index (κ3) is 5.64. The SMILES string of the molecule is O=C(CCCCCN=C1NS(=O)(=O)c2ccccc21)NCC1(c2ccc(F)cc2)CCOCC1. The fourth-order valence-electron chi connectivity index (χ4n) is 4.51. The molecule has 2 aliphatic heterocycles. The minimum absolute atomic E-state index is 0.00299. The Hall–Kier alpha value is -2.78. The van der Waals surface area contributed by atoms with Crippen molar-refractivity contribution in [1.29, 1.82) is 0 Å². The molecule has 7 nitrogen and oxygen atoms in total. The Morgan fingerprint density at radius 1 is 1.06 bits per heavy atom. The van der Waals surface area contributed by atoms with Crippen LogP contribution in [0.2, 0.25) is 0 Å². The number of hydrogen-bond acceptors (Lipinski definition) is 5. The van der Waals surface area contributed by atoms with Crippen molar-refractivity contribution in [3.8, 4) is 0 Å². The maximum absolute atomic E-state index is 13.4. The summed E-state index contributed by atoms with van der Waals surface area (Å²) in [4.78, 5) is 17.1. The Labute approximate surface area is 199 Å². The summed E-state index contributed by atoms with van der Waals surface area (Å²) in [6.45, 7) is 2.24. The van der Waals surface area contributed by atoms with Gasteiger partial charge in [0.1, 0.15) is 11.7 Å². The van der Waals surface area contributed by atoms with Crippen molar-refractivity contribution in [3.05, 3.63) is 65.5 Å². The molecule has 0 bridgehead atoms. The summed E-state index contributed by atoms with van der Waals surface area (Å²) >= 11 is 0. The number of nitrogens with one attached hydrogen (secondary N) is 2. The van der Waals surface area contributed by atoms with E-state index in [2.05, 4.69) is 15.0 Å². The second-order valence-corrected chi connectivity index (χ2v) is 10.5. The summed E-state index contributed by atoms with van der Waals surface area (Å²) in [5, 5.41) is 3.07. The summed E-state index contributed by atoms with van der Waals surface area (Å²) in [6.07, 6.45) is 4.29. The first-order valence-corrected chi connectivity index (χ1v) is 13.2. The number of hydrogen-bond donors (Lipinski definition) is 2. The van der Waals surface area contributed by atoms with Crippen LogP contribution in [0.5, 0.6) is 0 Å². The second-order valence-electron chi connectivity index (χ2n) is 8.82. The predicted molar refractivity (Wildman–Crippen MR) is 128 cm³/mol. The van der Waals surface area contributed by atoms with Gasteiger partial charge in [-0.25, -0.2) is 12.8 Å². The number of fused-ring (bicyclic) bond motifs is 1. The van der Waals surface area contributed by atoms with E-state index in [0.717, 1.165) is 37.7 Å². The molecule has 0 saturated carbocycles. The normalized spacial score (nSPS) is 19.4. The number of ether oxygens (including phenoxy) is 1. The minimum atomic E-state index is -3.52. The fraction of sp³-hybridized carbons (Fsp3) is 0.440. The molecule has 2 aliphatic rings. The largest absolute Gasteiger partial charge is 0.381 e. The van der Waals surface area contributed by atoms with Gasteiger partial charge in [0.15, 0.2) is 0 Å². The minimum Gasteiger partial charge on any atom is -0.381 e. The van der Waals surface area contributed by atoms with Gasteiger partial charge in [-0.15, -0.1) is 0 Å². The van der Waals surface area contributed by atoms with Crippen molar-refractivity contribution >= 4 is 21.8 Å². The van der Waals surface area contributed by atoms with E-state index in [1.54, 1.807) is 36.4 Å². The first-order chi connectivity index (χ1) is 16.4. The van der Waals surface area contributed by atoms with Gasteiger partial charge < -0.3 is 10.1 Å². The lowest BCUT2D eigenvalue weighted by Crippen LogP contribution is -2.44. The summed E-state index contributed by atoms with van der Waals surface area (Å²) in [5.74, 6) is 0.113. The zero-order valence-electron chi connectivity index (χ0n) is 19.1. The summed E-state index contributed by atoms with van der Waals surface area (Å²) < 4.78 is 45.6. The average Bonchev–Trinajstić information content (AvgIpc) is 3.11. The van der Waals surface area contributed by atoms with E-state index in [0.29, 0.717) is 44.1 Å². The lowest BCUT2D eigenvalue weighted by atomic mass is 9.74. The number of amidine groups is 1. The summed E-state index contributed by atoms with van der Waals surface area (Å²) in [6, 6.07) is 13.3. The Kier molecular flexibility index (Phi) is 7.63. The highest BCUT2D eigenvalue weighted by Gasteiger charge is 2.35. The van der Waals surface area contributed by atoms with Crippen molar-refractivity contribution in [3.63, 3.8) is 0 Å². The van der Waals surface area contributed by atoms with E-state index in [1.807, 2.05) is 0 Å².